The third-order valence-electron chi connectivity index (χ3n) is 3.82. The minimum absolute atomic E-state index is 0.252. The second-order valence-corrected chi connectivity index (χ2v) is 6.60. The van der Waals surface area contributed by atoms with Gasteiger partial charge >= 0.3 is 0 Å². The lowest BCUT2D eigenvalue weighted by atomic mass is 10.2. The van der Waals surface area contributed by atoms with Gasteiger partial charge in [0.05, 0.1) is 20.8 Å². The summed E-state index contributed by atoms with van der Waals surface area (Å²) in [5, 5.41) is 0. The molecule has 0 fully saturated rings. The molecule has 2 aromatic rings. The fourth-order valence-corrected chi connectivity index (χ4v) is 2.88. The fraction of sp³-hybridized carbons (Fsp3) is 0.300. The molecule has 2 N–H and O–H groups in total. The molecule has 9 heteroatoms. The Hall–Kier alpha value is -2.94. The first-order valence-corrected chi connectivity index (χ1v) is 9.60. The van der Waals surface area contributed by atoms with E-state index >= 15 is 0 Å². The number of benzene rings is 2. The minimum atomic E-state index is -0.831. The molecule has 0 heterocycles. The molecule has 0 bridgehead atoms. The molecule has 0 saturated heterocycles. The van der Waals surface area contributed by atoms with Crippen molar-refractivity contribution in [3.8, 4) is 23.0 Å². The number of hydrogen-bond donors (Lipinski definition) is 2. The SMILES string of the molecule is CCOc1ccc(OC(C)C(=O)NNC(=O)c2cc(OC)c(Br)c(OC)c2)cc1. The third-order valence-corrected chi connectivity index (χ3v) is 4.61. The lowest BCUT2D eigenvalue weighted by Gasteiger charge is -2.16. The molecule has 8 nitrogen and oxygen atoms in total. The molecule has 2 rings (SSSR count). The van der Waals surface area contributed by atoms with Gasteiger partial charge < -0.3 is 18.9 Å². The maximum atomic E-state index is 12.4. The van der Waals surface area contributed by atoms with Gasteiger partial charge in [-0.1, -0.05) is 0 Å². The van der Waals surface area contributed by atoms with Crippen molar-refractivity contribution in [1.82, 2.24) is 10.9 Å². The maximum absolute atomic E-state index is 12.4. The van der Waals surface area contributed by atoms with Crippen LogP contribution in [0.15, 0.2) is 40.9 Å². The highest BCUT2D eigenvalue weighted by molar-refractivity contribution is 9.10. The molecule has 0 aliphatic carbocycles. The lowest BCUT2D eigenvalue weighted by molar-refractivity contribution is -0.128. The number of halogens is 1. The van der Waals surface area contributed by atoms with Gasteiger partial charge in [0.15, 0.2) is 6.10 Å². The standard InChI is InChI=1S/C20H23BrN2O6/c1-5-28-14-6-8-15(9-7-14)29-12(2)19(24)22-23-20(25)13-10-16(26-3)18(21)17(11-13)27-4/h6-12H,5H2,1-4H3,(H,22,24)(H,23,25). The molecular weight excluding hydrogens is 444 g/mol. The summed E-state index contributed by atoms with van der Waals surface area (Å²) in [6, 6.07) is 9.95. The number of rotatable bonds is 8. The van der Waals surface area contributed by atoms with Crippen LogP contribution in [0.1, 0.15) is 24.2 Å². The van der Waals surface area contributed by atoms with Gasteiger partial charge in [0, 0.05) is 5.56 Å². The lowest BCUT2D eigenvalue weighted by Crippen LogP contribution is -2.47. The van der Waals surface area contributed by atoms with Gasteiger partial charge in [0.2, 0.25) is 0 Å². The number of methoxy groups -OCH3 is 2. The summed E-state index contributed by atoms with van der Waals surface area (Å²) < 4.78 is 21.9. The van der Waals surface area contributed by atoms with Crippen LogP contribution in [0.2, 0.25) is 0 Å². The molecule has 0 aliphatic rings. The van der Waals surface area contributed by atoms with Gasteiger partial charge in [-0.25, -0.2) is 0 Å². The average Bonchev–Trinajstić information content (AvgIpc) is 2.73. The molecular formula is C20H23BrN2O6. The van der Waals surface area contributed by atoms with E-state index in [1.165, 1.54) is 26.4 Å². The topological polar surface area (TPSA) is 95.1 Å². The summed E-state index contributed by atoms with van der Waals surface area (Å²) in [6.07, 6.45) is -0.831. The Bertz CT molecular complexity index is 832. The number of carbonyl (C=O) groups excluding carboxylic acids is 2. The molecule has 2 aromatic carbocycles. The zero-order valence-corrected chi connectivity index (χ0v) is 18.2. The second kappa shape index (κ2) is 10.6. The number of hydrazine groups is 1. The Morgan fingerprint density at radius 2 is 1.55 bits per heavy atom. The molecule has 0 aliphatic heterocycles. The average molecular weight is 467 g/mol. The second-order valence-electron chi connectivity index (χ2n) is 5.80. The van der Waals surface area contributed by atoms with Gasteiger partial charge in [-0.3, -0.25) is 20.4 Å². The fourth-order valence-electron chi connectivity index (χ4n) is 2.33. The van der Waals surface area contributed by atoms with Gasteiger partial charge in [-0.15, -0.1) is 0 Å². The Morgan fingerprint density at radius 1 is 1.00 bits per heavy atom. The Kier molecular flexibility index (Phi) is 8.14. The predicted molar refractivity (Wildman–Crippen MR) is 111 cm³/mol. The molecule has 29 heavy (non-hydrogen) atoms. The first kappa shape index (κ1) is 22.4. The summed E-state index contributed by atoms with van der Waals surface area (Å²) in [6.45, 7) is 4.03. The van der Waals surface area contributed by atoms with E-state index in [2.05, 4.69) is 26.8 Å². The maximum Gasteiger partial charge on any atom is 0.279 e. The zero-order chi connectivity index (χ0) is 21.4. The number of nitrogens with one attached hydrogen (secondary N) is 2. The molecule has 0 radical (unpaired) electrons. The van der Waals surface area contributed by atoms with Crippen LogP contribution in [0.25, 0.3) is 0 Å². The summed E-state index contributed by atoms with van der Waals surface area (Å²) in [5.74, 6) is 1.02. The van der Waals surface area contributed by atoms with E-state index in [4.69, 9.17) is 18.9 Å². The van der Waals surface area contributed by atoms with Crippen LogP contribution < -0.4 is 29.8 Å². The van der Waals surface area contributed by atoms with E-state index in [-0.39, 0.29) is 5.56 Å². The van der Waals surface area contributed by atoms with Gasteiger partial charge in [0.25, 0.3) is 11.8 Å². The van der Waals surface area contributed by atoms with E-state index in [1.54, 1.807) is 31.2 Å². The largest absolute Gasteiger partial charge is 0.495 e. The van der Waals surface area contributed by atoms with Gasteiger partial charge in [-0.2, -0.15) is 0 Å². The molecule has 156 valence electrons. The van der Waals surface area contributed by atoms with Crippen LogP contribution in [0.3, 0.4) is 0 Å². The first-order chi connectivity index (χ1) is 13.9. The van der Waals surface area contributed by atoms with Gasteiger partial charge in [-0.05, 0) is 66.2 Å². The number of hydrogen-bond acceptors (Lipinski definition) is 6. The number of ether oxygens (including phenoxy) is 4. The number of carbonyl (C=O) groups is 2. The third kappa shape index (κ3) is 6.02. The van der Waals surface area contributed by atoms with Crippen molar-refractivity contribution in [3.63, 3.8) is 0 Å². The van der Waals surface area contributed by atoms with Crippen molar-refractivity contribution < 1.29 is 28.5 Å². The predicted octanol–water partition coefficient (Wildman–Crippen LogP) is 3.09. The quantitative estimate of drug-likeness (QED) is 0.580. The normalized spacial score (nSPS) is 11.2. The van der Waals surface area contributed by atoms with E-state index in [1.807, 2.05) is 6.92 Å². The van der Waals surface area contributed by atoms with Crippen LogP contribution in [0.4, 0.5) is 0 Å². The van der Waals surface area contributed by atoms with Crippen molar-refractivity contribution >= 4 is 27.7 Å². The van der Waals surface area contributed by atoms with Crippen molar-refractivity contribution in [2.45, 2.75) is 20.0 Å². The van der Waals surface area contributed by atoms with Crippen molar-refractivity contribution in [3.05, 3.63) is 46.4 Å². The molecule has 1 atom stereocenters. The summed E-state index contributed by atoms with van der Waals surface area (Å²) in [5.41, 5.74) is 4.94. The Balaban J connectivity index is 1.94. The zero-order valence-electron chi connectivity index (χ0n) is 16.6. The molecule has 0 spiro atoms. The monoisotopic (exact) mass is 466 g/mol. The van der Waals surface area contributed by atoms with E-state index in [0.717, 1.165) is 0 Å². The van der Waals surface area contributed by atoms with Crippen LogP contribution in [0.5, 0.6) is 23.0 Å². The molecule has 0 aromatic heterocycles. The van der Waals surface area contributed by atoms with E-state index in [9.17, 15) is 9.59 Å². The number of amides is 2. The van der Waals surface area contributed by atoms with Crippen LogP contribution in [-0.2, 0) is 4.79 Å². The van der Waals surface area contributed by atoms with Gasteiger partial charge in [0.1, 0.15) is 27.5 Å². The van der Waals surface area contributed by atoms with E-state index < -0.39 is 17.9 Å². The highest BCUT2D eigenvalue weighted by atomic mass is 79.9. The van der Waals surface area contributed by atoms with Crippen LogP contribution in [0, 0.1) is 0 Å². The summed E-state index contributed by atoms with van der Waals surface area (Å²) in [4.78, 5) is 24.6. The van der Waals surface area contributed by atoms with E-state index in [0.29, 0.717) is 34.1 Å². The minimum Gasteiger partial charge on any atom is -0.495 e. The summed E-state index contributed by atoms with van der Waals surface area (Å²) >= 11 is 3.33. The van der Waals surface area contributed by atoms with Crippen molar-refractivity contribution in [1.29, 1.82) is 0 Å². The molecule has 2 amide bonds. The highest BCUT2D eigenvalue weighted by Crippen LogP contribution is 2.35. The molecule has 1 unspecified atom stereocenters. The van der Waals surface area contributed by atoms with Crippen LogP contribution in [-0.4, -0.2) is 38.7 Å². The Morgan fingerprint density at radius 3 is 2.07 bits per heavy atom. The smallest absolute Gasteiger partial charge is 0.279 e. The first-order valence-electron chi connectivity index (χ1n) is 8.80. The summed E-state index contributed by atoms with van der Waals surface area (Å²) in [7, 11) is 2.95. The molecule has 0 saturated carbocycles. The van der Waals surface area contributed by atoms with Crippen molar-refractivity contribution in [2.24, 2.45) is 0 Å². The van der Waals surface area contributed by atoms with Crippen molar-refractivity contribution in [2.75, 3.05) is 20.8 Å². The van der Waals surface area contributed by atoms with Crippen LogP contribution >= 0.6 is 15.9 Å². The Labute approximate surface area is 177 Å². The highest BCUT2D eigenvalue weighted by Gasteiger charge is 2.18.